The summed E-state index contributed by atoms with van der Waals surface area (Å²) in [5, 5.41) is 0.279. The van der Waals surface area contributed by atoms with Crippen LogP contribution in [0.15, 0.2) is 23.2 Å². The predicted molar refractivity (Wildman–Crippen MR) is 73.1 cm³/mol. The van der Waals surface area contributed by atoms with Crippen LogP contribution < -0.4 is 4.72 Å². The average Bonchev–Trinajstić information content (AvgIpc) is 2.24. The van der Waals surface area contributed by atoms with E-state index in [-0.39, 0.29) is 15.5 Å². The Bertz CT molecular complexity index is 478. The zero-order chi connectivity index (χ0) is 13.8. The Hall–Kier alpha value is -0.650. The number of pyridine rings is 1. The van der Waals surface area contributed by atoms with Crippen molar-refractivity contribution in [1.29, 1.82) is 0 Å². The second kappa shape index (κ2) is 5.99. The first-order valence-electron chi connectivity index (χ1n) is 5.82. The van der Waals surface area contributed by atoms with E-state index in [9.17, 15) is 8.42 Å². The van der Waals surface area contributed by atoms with Gasteiger partial charge in [0, 0.05) is 12.7 Å². The molecule has 102 valence electrons. The average molecular weight is 291 g/mol. The second-order valence-corrected chi connectivity index (χ2v) is 7.53. The Morgan fingerprint density at radius 3 is 2.50 bits per heavy atom. The molecule has 0 saturated carbocycles. The first-order valence-corrected chi connectivity index (χ1v) is 7.68. The molecule has 0 amide bonds. The van der Waals surface area contributed by atoms with E-state index in [1.165, 1.54) is 18.3 Å². The zero-order valence-electron chi connectivity index (χ0n) is 10.9. The van der Waals surface area contributed by atoms with Crippen LogP contribution in [0.2, 0.25) is 5.15 Å². The Morgan fingerprint density at radius 1 is 1.33 bits per heavy atom. The number of halogens is 1. The number of hydrogen-bond donors (Lipinski definition) is 1. The summed E-state index contributed by atoms with van der Waals surface area (Å²) in [6.45, 7) is 6.82. The highest BCUT2D eigenvalue weighted by molar-refractivity contribution is 7.89. The molecule has 0 aliphatic carbocycles. The highest BCUT2D eigenvalue weighted by Crippen LogP contribution is 2.20. The predicted octanol–water partition coefficient (Wildman–Crippen LogP) is 2.84. The fourth-order valence-corrected chi connectivity index (χ4v) is 2.56. The maximum absolute atomic E-state index is 11.9. The van der Waals surface area contributed by atoms with Gasteiger partial charge in [-0.1, -0.05) is 32.4 Å². The van der Waals surface area contributed by atoms with E-state index in [0.29, 0.717) is 6.54 Å². The molecule has 0 radical (unpaired) electrons. The summed E-state index contributed by atoms with van der Waals surface area (Å²) in [4.78, 5) is 3.90. The van der Waals surface area contributed by atoms with Crippen molar-refractivity contribution in [2.45, 2.75) is 38.5 Å². The smallest absolute Gasteiger partial charge is 0.242 e. The number of hydrogen-bond acceptors (Lipinski definition) is 3. The molecule has 0 saturated heterocycles. The van der Waals surface area contributed by atoms with Crippen molar-refractivity contribution in [2.75, 3.05) is 6.54 Å². The third-order valence-electron chi connectivity index (χ3n) is 2.41. The largest absolute Gasteiger partial charge is 0.243 e. The van der Waals surface area contributed by atoms with Gasteiger partial charge in [-0.2, -0.15) is 0 Å². The molecule has 1 N–H and O–H groups in total. The van der Waals surface area contributed by atoms with Crippen molar-refractivity contribution in [3.63, 3.8) is 0 Å². The molecular formula is C12H19ClN2O2S. The van der Waals surface area contributed by atoms with Gasteiger partial charge in [0.25, 0.3) is 0 Å². The van der Waals surface area contributed by atoms with Gasteiger partial charge >= 0.3 is 0 Å². The van der Waals surface area contributed by atoms with Gasteiger partial charge in [-0.05, 0) is 30.4 Å². The Balaban J connectivity index is 2.53. The molecule has 0 fully saturated rings. The first-order chi connectivity index (χ1) is 8.21. The second-order valence-electron chi connectivity index (χ2n) is 5.38. The van der Waals surface area contributed by atoms with Gasteiger partial charge < -0.3 is 0 Å². The van der Waals surface area contributed by atoms with Crippen molar-refractivity contribution < 1.29 is 8.42 Å². The van der Waals surface area contributed by atoms with Gasteiger partial charge in [0.2, 0.25) is 10.0 Å². The van der Waals surface area contributed by atoms with Crippen LogP contribution >= 0.6 is 11.6 Å². The summed E-state index contributed by atoms with van der Waals surface area (Å²) in [7, 11) is -3.47. The standard InChI is InChI=1S/C12H19ClN2O2S/c1-12(2,3)7-4-8-15-18(16,17)10-5-6-11(13)14-9-10/h5-6,9,15H,4,7-8H2,1-3H3. The Labute approximate surface area is 114 Å². The summed E-state index contributed by atoms with van der Waals surface area (Å²) in [6, 6.07) is 2.91. The molecule has 1 heterocycles. The normalized spacial score (nSPS) is 12.7. The Morgan fingerprint density at radius 2 is 2.00 bits per heavy atom. The third-order valence-corrected chi connectivity index (χ3v) is 4.08. The number of aromatic nitrogens is 1. The topological polar surface area (TPSA) is 59.1 Å². The molecule has 0 aliphatic heterocycles. The molecule has 6 heteroatoms. The lowest BCUT2D eigenvalue weighted by Gasteiger charge is -2.17. The quantitative estimate of drug-likeness (QED) is 0.670. The maximum Gasteiger partial charge on any atom is 0.242 e. The van der Waals surface area contributed by atoms with Crippen LogP contribution in [0, 0.1) is 5.41 Å². The molecule has 1 rings (SSSR count). The molecule has 1 aromatic rings. The van der Waals surface area contributed by atoms with Gasteiger partial charge in [0.15, 0.2) is 0 Å². The van der Waals surface area contributed by atoms with Crippen LogP contribution in [0.5, 0.6) is 0 Å². The molecule has 0 unspecified atom stereocenters. The minimum atomic E-state index is -3.47. The van der Waals surface area contributed by atoms with E-state index in [4.69, 9.17) is 11.6 Å². The third kappa shape index (κ3) is 5.33. The lowest BCUT2D eigenvalue weighted by Crippen LogP contribution is -2.25. The van der Waals surface area contributed by atoms with Gasteiger partial charge in [0.1, 0.15) is 10.0 Å². The molecule has 0 aromatic carbocycles. The van der Waals surface area contributed by atoms with Crippen LogP contribution in [-0.2, 0) is 10.0 Å². The molecular weight excluding hydrogens is 272 g/mol. The highest BCUT2D eigenvalue weighted by atomic mass is 35.5. The molecule has 18 heavy (non-hydrogen) atoms. The van der Waals surface area contributed by atoms with E-state index < -0.39 is 10.0 Å². The number of rotatable bonds is 5. The van der Waals surface area contributed by atoms with Gasteiger partial charge in [-0.15, -0.1) is 0 Å². The van der Waals surface area contributed by atoms with Crippen LogP contribution in [0.25, 0.3) is 0 Å². The van der Waals surface area contributed by atoms with Crippen LogP contribution in [0.1, 0.15) is 33.6 Å². The van der Waals surface area contributed by atoms with Crippen molar-refractivity contribution in [1.82, 2.24) is 9.71 Å². The van der Waals surface area contributed by atoms with E-state index in [1.807, 2.05) is 0 Å². The Kier molecular flexibility index (Phi) is 5.13. The summed E-state index contributed by atoms with van der Waals surface area (Å²) < 4.78 is 26.3. The molecule has 0 atom stereocenters. The van der Waals surface area contributed by atoms with Gasteiger partial charge in [-0.3, -0.25) is 0 Å². The van der Waals surface area contributed by atoms with Crippen molar-refractivity contribution in [3.8, 4) is 0 Å². The van der Waals surface area contributed by atoms with Gasteiger partial charge in [0.05, 0.1) is 0 Å². The van der Waals surface area contributed by atoms with Crippen LogP contribution in [-0.4, -0.2) is 19.9 Å². The molecule has 0 bridgehead atoms. The fourth-order valence-electron chi connectivity index (χ4n) is 1.43. The monoisotopic (exact) mass is 290 g/mol. The van der Waals surface area contributed by atoms with Gasteiger partial charge in [-0.25, -0.2) is 18.1 Å². The summed E-state index contributed by atoms with van der Waals surface area (Å²) >= 11 is 5.61. The molecule has 0 spiro atoms. The molecule has 4 nitrogen and oxygen atoms in total. The first kappa shape index (κ1) is 15.4. The van der Waals surface area contributed by atoms with E-state index in [0.717, 1.165) is 12.8 Å². The molecule has 0 aliphatic rings. The lowest BCUT2D eigenvalue weighted by molar-refractivity contribution is 0.365. The van der Waals surface area contributed by atoms with E-state index in [2.05, 4.69) is 30.5 Å². The minimum absolute atomic E-state index is 0.141. The van der Waals surface area contributed by atoms with Crippen molar-refractivity contribution >= 4 is 21.6 Å². The number of nitrogens with one attached hydrogen (secondary N) is 1. The zero-order valence-corrected chi connectivity index (χ0v) is 12.5. The minimum Gasteiger partial charge on any atom is -0.243 e. The van der Waals surface area contributed by atoms with Crippen molar-refractivity contribution in [3.05, 3.63) is 23.5 Å². The lowest BCUT2D eigenvalue weighted by atomic mass is 9.91. The number of nitrogens with zero attached hydrogens (tertiary/aromatic N) is 1. The van der Waals surface area contributed by atoms with E-state index >= 15 is 0 Å². The molecule has 1 aromatic heterocycles. The SMILES string of the molecule is CC(C)(C)CCCNS(=O)(=O)c1ccc(Cl)nc1. The van der Waals surface area contributed by atoms with Crippen LogP contribution in [0.4, 0.5) is 0 Å². The summed E-state index contributed by atoms with van der Waals surface area (Å²) in [5.41, 5.74) is 0.216. The number of sulfonamides is 1. The summed E-state index contributed by atoms with van der Waals surface area (Å²) in [5.74, 6) is 0. The van der Waals surface area contributed by atoms with Crippen molar-refractivity contribution in [2.24, 2.45) is 5.41 Å². The van der Waals surface area contributed by atoms with Crippen LogP contribution in [0.3, 0.4) is 0 Å². The summed E-state index contributed by atoms with van der Waals surface area (Å²) in [6.07, 6.45) is 3.03. The highest BCUT2D eigenvalue weighted by Gasteiger charge is 2.15. The fraction of sp³-hybridized carbons (Fsp3) is 0.583. The maximum atomic E-state index is 11.9. The van der Waals surface area contributed by atoms with E-state index in [1.54, 1.807) is 0 Å².